The van der Waals surface area contributed by atoms with Crippen LogP contribution in [0.1, 0.15) is 37.9 Å². The molecule has 1 saturated carbocycles. The van der Waals surface area contributed by atoms with Gasteiger partial charge in [0.1, 0.15) is 5.52 Å². The minimum atomic E-state index is 0.543. The van der Waals surface area contributed by atoms with Crippen LogP contribution in [-0.4, -0.2) is 19.3 Å². The van der Waals surface area contributed by atoms with Gasteiger partial charge in [0.15, 0.2) is 10.4 Å². The van der Waals surface area contributed by atoms with Gasteiger partial charge < -0.3 is 4.98 Å². The minimum Gasteiger partial charge on any atom is -0.328 e. The van der Waals surface area contributed by atoms with Crippen molar-refractivity contribution in [1.29, 1.82) is 0 Å². The number of H-pyrrole nitrogens is 1. The van der Waals surface area contributed by atoms with Gasteiger partial charge in [0.25, 0.3) is 0 Å². The monoisotopic (exact) mass is 250 g/mol. The normalized spacial score (nSPS) is 24.9. The second-order valence-electron chi connectivity index (χ2n) is 5.28. The molecular formula is C12H18N4S. The van der Waals surface area contributed by atoms with Crippen LogP contribution < -0.4 is 0 Å². The first-order valence-electron chi connectivity index (χ1n) is 6.21. The summed E-state index contributed by atoms with van der Waals surface area (Å²) in [7, 11) is 1.99. The zero-order valence-electron chi connectivity index (χ0n) is 10.5. The van der Waals surface area contributed by atoms with Crippen LogP contribution in [0.25, 0.3) is 11.2 Å². The lowest BCUT2D eigenvalue weighted by Gasteiger charge is -2.12. The summed E-state index contributed by atoms with van der Waals surface area (Å²) in [4.78, 5) is 3.30. The summed E-state index contributed by atoms with van der Waals surface area (Å²) in [5.74, 6) is 0.807. The highest BCUT2D eigenvalue weighted by Gasteiger charge is 2.26. The number of nitrogens with zero attached hydrogens (tertiary/aromatic N) is 3. The molecule has 4 nitrogen and oxygen atoms in total. The van der Waals surface area contributed by atoms with E-state index in [1.807, 2.05) is 18.7 Å². The first-order valence-corrected chi connectivity index (χ1v) is 6.62. The van der Waals surface area contributed by atoms with Gasteiger partial charge in [0.2, 0.25) is 0 Å². The molecule has 1 fully saturated rings. The van der Waals surface area contributed by atoms with Crippen LogP contribution in [0.5, 0.6) is 0 Å². The van der Waals surface area contributed by atoms with Gasteiger partial charge in [-0.15, -0.1) is 0 Å². The standard InChI is InChI=1S/C12H18N4S/c1-7-4-5-9(6-7)16-11-10(13-12(16)17)8(2)14-15(11)3/h7,9H,4-6H2,1-3H3,(H,13,17). The van der Waals surface area contributed by atoms with E-state index in [4.69, 9.17) is 12.2 Å². The van der Waals surface area contributed by atoms with E-state index in [1.165, 1.54) is 19.3 Å². The molecule has 2 unspecified atom stereocenters. The Morgan fingerprint density at radius 3 is 2.82 bits per heavy atom. The molecule has 92 valence electrons. The van der Waals surface area contributed by atoms with Crippen molar-refractivity contribution in [2.75, 3.05) is 0 Å². The summed E-state index contributed by atoms with van der Waals surface area (Å²) in [6.45, 7) is 4.34. The minimum absolute atomic E-state index is 0.543. The molecule has 2 heterocycles. The molecule has 2 atom stereocenters. The number of nitrogens with one attached hydrogen (secondary N) is 1. The smallest absolute Gasteiger partial charge is 0.179 e. The first-order chi connectivity index (χ1) is 8.08. The SMILES string of the molecule is Cc1nn(C)c2c1[nH]c(=S)n2C1CCC(C)C1. The number of aromatic nitrogens is 4. The fourth-order valence-electron chi connectivity index (χ4n) is 3.08. The average Bonchev–Trinajstić information content (AvgIpc) is 2.87. The van der Waals surface area contributed by atoms with E-state index in [0.29, 0.717) is 6.04 Å². The number of hydrogen-bond donors (Lipinski definition) is 1. The van der Waals surface area contributed by atoms with Crippen molar-refractivity contribution >= 4 is 23.4 Å². The zero-order chi connectivity index (χ0) is 12.2. The lowest BCUT2D eigenvalue weighted by atomic mass is 10.1. The van der Waals surface area contributed by atoms with Gasteiger partial charge in [-0.25, -0.2) is 0 Å². The van der Waals surface area contributed by atoms with Crippen molar-refractivity contribution in [1.82, 2.24) is 19.3 Å². The predicted octanol–water partition coefficient (Wildman–Crippen LogP) is 3.10. The van der Waals surface area contributed by atoms with E-state index < -0.39 is 0 Å². The number of aryl methyl sites for hydroxylation is 2. The van der Waals surface area contributed by atoms with Crippen molar-refractivity contribution in [2.45, 2.75) is 39.2 Å². The van der Waals surface area contributed by atoms with E-state index in [0.717, 1.165) is 27.5 Å². The summed E-state index contributed by atoms with van der Waals surface area (Å²) in [6.07, 6.45) is 3.76. The van der Waals surface area contributed by atoms with E-state index >= 15 is 0 Å². The van der Waals surface area contributed by atoms with Gasteiger partial charge in [-0.2, -0.15) is 5.10 Å². The fraction of sp³-hybridized carbons (Fsp3) is 0.667. The Labute approximate surface area is 106 Å². The molecule has 2 aromatic rings. The number of aromatic amines is 1. The Morgan fingerprint density at radius 1 is 1.41 bits per heavy atom. The zero-order valence-corrected chi connectivity index (χ0v) is 11.3. The third-order valence-electron chi connectivity index (χ3n) is 3.90. The molecule has 0 radical (unpaired) electrons. The molecule has 0 aromatic carbocycles. The Kier molecular flexibility index (Phi) is 2.40. The van der Waals surface area contributed by atoms with Crippen molar-refractivity contribution < 1.29 is 0 Å². The van der Waals surface area contributed by atoms with Crippen LogP contribution in [-0.2, 0) is 7.05 Å². The maximum atomic E-state index is 5.47. The molecular weight excluding hydrogens is 232 g/mol. The summed E-state index contributed by atoms with van der Waals surface area (Å²) in [5.41, 5.74) is 3.27. The third kappa shape index (κ3) is 1.56. The van der Waals surface area contributed by atoms with Crippen molar-refractivity contribution in [3.8, 4) is 0 Å². The van der Waals surface area contributed by atoms with Crippen LogP contribution in [0.2, 0.25) is 0 Å². The Hall–Kier alpha value is -1.10. The van der Waals surface area contributed by atoms with Gasteiger partial charge in [-0.05, 0) is 44.3 Å². The third-order valence-corrected chi connectivity index (χ3v) is 4.20. The van der Waals surface area contributed by atoms with Gasteiger partial charge in [0, 0.05) is 13.1 Å². The van der Waals surface area contributed by atoms with Crippen LogP contribution in [0.4, 0.5) is 0 Å². The molecule has 0 spiro atoms. The molecule has 17 heavy (non-hydrogen) atoms. The molecule has 2 aromatic heterocycles. The van der Waals surface area contributed by atoms with Crippen molar-refractivity contribution in [3.05, 3.63) is 10.5 Å². The second-order valence-corrected chi connectivity index (χ2v) is 5.67. The second kappa shape index (κ2) is 3.70. The average molecular weight is 250 g/mol. The first kappa shape index (κ1) is 11.0. The maximum absolute atomic E-state index is 5.47. The van der Waals surface area contributed by atoms with Gasteiger partial charge in [-0.3, -0.25) is 9.25 Å². The topological polar surface area (TPSA) is 38.5 Å². The lowest BCUT2D eigenvalue weighted by molar-refractivity contribution is 0.491. The van der Waals surface area contributed by atoms with Crippen molar-refractivity contribution in [2.24, 2.45) is 13.0 Å². The molecule has 0 aliphatic heterocycles. The highest BCUT2D eigenvalue weighted by atomic mass is 32.1. The summed E-state index contributed by atoms with van der Waals surface area (Å²) >= 11 is 5.47. The molecule has 3 rings (SSSR count). The lowest BCUT2D eigenvalue weighted by Crippen LogP contribution is -2.08. The molecule has 0 amide bonds. The number of imidazole rings is 1. The van der Waals surface area contributed by atoms with Crippen LogP contribution in [0, 0.1) is 17.6 Å². The largest absolute Gasteiger partial charge is 0.328 e. The predicted molar refractivity (Wildman–Crippen MR) is 70.7 cm³/mol. The van der Waals surface area contributed by atoms with Gasteiger partial charge in [0.05, 0.1) is 5.69 Å². The quantitative estimate of drug-likeness (QED) is 0.790. The molecule has 5 heteroatoms. The van der Waals surface area contributed by atoms with Crippen LogP contribution in [0.3, 0.4) is 0 Å². The van der Waals surface area contributed by atoms with Crippen LogP contribution in [0.15, 0.2) is 0 Å². The van der Waals surface area contributed by atoms with Crippen LogP contribution >= 0.6 is 12.2 Å². The fourth-order valence-corrected chi connectivity index (χ4v) is 3.42. The summed E-state index contributed by atoms with van der Waals surface area (Å²) in [6, 6.07) is 0.543. The van der Waals surface area contributed by atoms with E-state index in [2.05, 4.69) is 21.6 Å². The molecule has 1 aliphatic rings. The van der Waals surface area contributed by atoms with Gasteiger partial charge in [-0.1, -0.05) is 6.92 Å². The Bertz CT molecular complexity index is 618. The molecule has 0 bridgehead atoms. The van der Waals surface area contributed by atoms with E-state index in [-0.39, 0.29) is 0 Å². The van der Waals surface area contributed by atoms with Gasteiger partial charge >= 0.3 is 0 Å². The molecule has 1 aliphatic carbocycles. The van der Waals surface area contributed by atoms with Crippen molar-refractivity contribution in [3.63, 3.8) is 0 Å². The molecule has 0 saturated heterocycles. The highest BCUT2D eigenvalue weighted by Crippen LogP contribution is 2.36. The maximum Gasteiger partial charge on any atom is 0.179 e. The Balaban J connectivity index is 2.21. The Morgan fingerprint density at radius 2 is 2.18 bits per heavy atom. The van der Waals surface area contributed by atoms with E-state index in [1.54, 1.807) is 0 Å². The number of fused-ring (bicyclic) bond motifs is 1. The molecule has 1 N–H and O–H groups in total. The number of hydrogen-bond acceptors (Lipinski definition) is 2. The summed E-state index contributed by atoms with van der Waals surface area (Å²) < 4.78 is 5.06. The summed E-state index contributed by atoms with van der Waals surface area (Å²) in [5, 5.41) is 4.46. The highest BCUT2D eigenvalue weighted by molar-refractivity contribution is 7.71. The van der Waals surface area contributed by atoms with E-state index in [9.17, 15) is 0 Å². The number of rotatable bonds is 1.